The molecule has 1 amide bonds. The normalized spacial score (nSPS) is 14.2. The van der Waals surface area contributed by atoms with E-state index < -0.39 is 0 Å². The number of fused-ring (bicyclic) bond motifs is 1. The third-order valence-corrected chi connectivity index (χ3v) is 5.17. The summed E-state index contributed by atoms with van der Waals surface area (Å²) in [6.07, 6.45) is 0. The van der Waals surface area contributed by atoms with Crippen molar-refractivity contribution in [1.82, 2.24) is 4.90 Å². The highest BCUT2D eigenvalue weighted by Gasteiger charge is 2.28. The monoisotopic (exact) mass is 381 g/mol. The van der Waals surface area contributed by atoms with Crippen molar-refractivity contribution in [2.45, 2.75) is 13.2 Å². The predicted molar refractivity (Wildman–Crippen MR) is 103 cm³/mol. The van der Waals surface area contributed by atoms with Crippen LogP contribution in [0.15, 0.2) is 60.7 Å². The zero-order valence-electron chi connectivity index (χ0n) is 14.4. The first-order valence-electron chi connectivity index (χ1n) is 8.47. The maximum atomic E-state index is 13.7. The van der Waals surface area contributed by atoms with E-state index in [-0.39, 0.29) is 29.3 Å². The Bertz CT molecular complexity index is 1040. The van der Waals surface area contributed by atoms with Crippen LogP contribution >= 0.6 is 11.8 Å². The molecule has 0 saturated carbocycles. The van der Waals surface area contributed by atoms with Gasteiger partial charge in [-0.05, 0) is 40.6 Å². The number of hydrogen-bond donors (Lipinski definition) is 0. The van der Waals surface area contributed by atoms with Crippen molar-refractivity contribution >= 4 is 32.9 Å². The van der Waals surface area contributed by atoms with Crippen LogP contribution in [-0.2, 0) is 17.9 Å². The maximum absolute atomic E-state index is 13.7. The maximum Gasteiger partial charge on any atom is 0.290 e. The van der Waals surface area contributed by atoms with Gasteiger partial charge >= 0.3 is 0 Å². The van der Waals surface area contributed by atoms with E-state index in [1.807, 2.05) is 36.4 Å². The molecule has 3 aromatic carbocycles. The van der Waals surface area contributed by atoms with Gasteiger partial charge in [-0.15, -0.1) is 0 Å². The Morgan fingerprint density at radius 1 is 1.00 bits per heavy atom. The molecule has 1 fully saturated rings. The van der Waals surface area contributed by atoms with E-state index in [9.17, 15) is 14.0 Å². The second-order valence-electron chi connectivity index (χ2n) is 6.32. The van der Waals surface area contributed by atoms with Crippen LogP contribution in [0.25, 0.3) is 10.8 Å². The van der Waals surface area contributed by atoms with Gasteiger partial charge in [0.15, 0.2) is 0 Å². The number of rotatable bonds is 5. The number of halogens is 1. The number of hydrogen-bond acceptors (Lipinski definition) is 4. The Hall–Kier alpha value is -2.86. The Morgan fingerprint density at radius 3 is 2.56 bits per heavy atom. The Kier molecular flexibility index (Phi) is 4.81. The highest BCUT2D eigenvalue weighted by Crippen LogP contribution is 2.26. The second kappa shape index (κ2) is 7.40. The predicted octanol–water partition coefficient (Wildman–Crippen LogP) is 4.75. The van der Waals surface area contributed by atoms with Crippen molar-refractivity contribution in [2.24, 2.45) is 0 Å². The van der Waals surface area contributed by atoms with Crippen LogP contribution in [-0.4, -0.2) is 21.8 Å². The second-order valence-corrected chi connectivity index (χ2v) is 7.33. The van der Waals surface area contributed by atoms with Crippen LogP contribution in [0.4, 0.5) is 9.18 Å². The highest BCUT2D eigenvalue weighted by molar-refractivity contribution is 8.26. The SMILES string of the molecule is O=C1CN(Cc2ccc3cc(OCc4ccccc4F)ccc3c2)C(=O)S1. The quantitative estimate of drug-likeness (QED) is 0.640. The third-order valence-electron chi connectivity index (χ3n) is 4.38. The molecular weight excluding hydrogens is 365 g/mol. The minimum atomic E-state index is -0.281. The van der Waals surface area contributed by atoms with E-state index in [1.165, 1.54) is 6.07 Å². The fourth-order valence-electron chi connectivity index (χ4n) is 2.99. The van der Waals surface area contributed by atoms with E-state index in [1.54, 1.807) is 23.1 Å². The summed E-state index contributed by atoms with van der Waals surface area (Å²) in [5.74, 6) is 0.381. The average molecular weight is 381 g/mol. The summed E-state index contributed by atoms with van der Waals surface area (Å²) in [6.45, 7) is 0.739. The van der Waals surface area contributed by atoms with E-state index in [4.69, 9.17) is 4.74 Å². The van der Waals surface area contributed by atoms with Crippen LogP contribution in [0.5, 0.6) is 5.75 Å². The van der Waals surface area contributed by atoms with Crippen molar-refractivity contribution in [3.05, 3.63) is 77.6 Å². The van der Waals surface area contributed by atoms with Crippen molar-refractivity contribution in [3.8, 4) is 5.75 Å². The molecule has 0 radical (unpaired) electrons. The van der Waals surface area contributed by atoms with Crippen molar-refractivity contribution in [1.29, 1.82) is 0 Å². The molecule has 1 heterocycles. The number of carbonyl (C=O) groups is 2. The van der Waals surface area contributed by atoms with E-state index >= 15 is 0 Å². The Morgan fingerprint density at radius 2 is 1.78 bits per heavy atom. The van der Waals surface area contributed by atoms with Gasteiger partial charge in [0.25, 0.3) is 5.24 Å². The summed E-state index contributed by atoms with van der Waals surface area (Å²) >= 11 is 0.763. The van der Waals surface area contributed by atoms with Crippen LogP contribution in [0.3, 0.4) is 0 Å². The Balaban J connectivity index is 1.48. The number of carbonyl (C=O) groups excluding carboxylic acids is 2. The standard InChI is InChI=1S/C21H16FNO3S/c22-19-4-2-1-3-17(19)13-26-18-8-7-15-9-14(5-6-16(15)10-18)11-23-12-20(24)27-21(23)25/h1-10H,11-13H2. The lowest BCUT2D eigenvalue weighted by Gasteiger charge is -2.14. The molecular formula is C21H16FNO3S. The molecule has 4 rings (SSSR count). The van der Waals surface area contributed by atoms with E-state index in [2.05, 4.69) is 0 Å². The van der Waals surface area contributed by atoms with Crippen molar-refractivity contribution in [2.75, 3.05) is 6.54 Å². The molecule has 0 aromatic heterocycles. The fourth-order valence-corrected chi connectivity index (χ4v) is 3.67. The molecule has 4 nitrogen and oxygen atoms in total. The molecule has 0 spiro atoms. The minimum Gasteiger partial charge on any atom is -0.489 e. The zero-order chi connectivity index (χ0) is 18.8. The van der Waals surface area contributed by atoms with Crippen LogP contribution in [0.1, 0.15) is 11.1 Å². The summed E-state index contributed by atoms with van der Waals surface area (Å²) in [7, 11) is 0. The van der Waals surface area contributed by atoms with E-state index in [0.29, 0.717) is 17.9 Å². The summed E-state index contributed by atoms with van der Waals surface area (Å²) in [6, 6.07) is 18.1. The molecule has 0 atom stereocenters. The lowest BCUT2D eigenvalue weighted by Crippen LogP contribution is -2.23. The van der Waals surface area contributed by atoms with Gasteiger partial charge in [-0.1, -0.05) is 36.4 Å². The number of ether oxygens (including phenoxy) is 1. The summed E-state index contributed by atoms with van der Waals surface area (Å²) < 4.78 is 19.4. The van der Waals surface area contributed by atoms with E-state index in [0.717, 1.165) is 28.1 Å². The lowest BCUT2D eigenvalue weighted by atomic mass is 10.1. The summed E-state index contributed by atoms with van der Waals surface area (Å²) in [5.41, 5.74) is 1.47. The smallest absolute Gasteiger partial charge is 0.290 e. The highest BCUT2D eigenvalue weighted by atomic mass is 32.2. The fraction of sp³-hybridized carbons (Fsp3) is 0.143. The van der Waals surface area contributed by atoms with Gasteiger partial charge in [-0.3, -0.25) is 9.59 Å². The molecule has 136 valence electrons. The number of amides is 1. The molecule has 0 aliphatic carbocycles. The molecule has 1 aliphatic heterocycles. The summed E-state index contributed by atoms with van der Waals surface area (Å²) in [4.78, 5) is 24.6. The first-order chi connectivity index (χ1) is 13.1. The lowest BCUT2D eigenvalue weighted by molar-refractivity contribution is -0.110. The third kappa shape index (κ3) is 3.95. The van der Waals surface area contributed by atoms with Gasteiger partial charge in [-0.25, -0.2) is 4.39 Å². The van der Waals surface area contributed by atoms with Crippen LogP contribution in [0, 0.1) is 5.82 Å². The first kappa shape index (κ1) is 17.5. The number of nitrogens with zero attached hydrogens (tertiary/aromatic N) is 1. The van der Waals surface area contributed by atoms with Gasteiger partial charge in [-0.2, -0.15) is 0 Å². The molecule has 0 bridgehead atoms. The molecule has 0 unspecified atom stereocenters. The largest absolute Gasteiger partial charge is 0.489 e. The molecule has 3 aromatic rings. The number of benzene rings is 3. The van der Waals surface area contributed by atoms with Crippen molar-refractivity contribution < 1.29 is 18.7 Å². The topological polar surface area (TPSA) is 46.6 Å². The van der Waals surface area contributed by atoms with Gasteiger partial charge in [0, 0.05) is 23.9 Å². The van der Waals surface area contributed by atoms with Gasteiger partial charge in [0.2, 0.25) is 5.12 Å². The molecule has 27 heavy (non-hydrogen) atoms. The van der Waals surface area contributed by atoms with Crippen LogP contribution < -0.4 is 4.74 Å². The van der Waals surface area contributed by atoms with Crippen LogP contribution in [0.2, 0.25) is 0 Å². The molecule has 6 heteroatoms. The van der Waals surface area contributed by atoms with Crippen molar-refractivity contribution in [3.63, 3.8) is 0 Å². The summed E-state index contributed by atoms with van der Waals surface area (Å²) in [5, 5.41) is 1.69. The zero-order valence-corrected chi connectivity index (χ0v) is 15.2. The average Bonchev–Trinajstić information content (AvgIpc) is 2.98. The number of thioether (sulfide) groups is 1. The van der Waals surface area contributed by atoms with Gasteiger partial charge in [0.1, 0.15) is 18.2 Å². The minimum absolute atomic E-state index is 0.113. The van der Waals surface area contributed by atoms with Gasteiger partial charge < -0.3 is 9.64 Å². The molecule has 1 saturated heterocycles. The molecule has 0 N–H and O–H groups in total. The molecule has 1 aliphatic rings. The van der Waals surface area contributed by atoms with Gasteiger partial charge in [0.05, 0.1) is 6.54 Å². The Labute approximate surface area is 159 Å². The first-order valence-corrected chi connectivity index (χ1v) is 9.28.